The Bertz CT molecular complexity index is 1440. The van der Waals surface area contributed by atoms with E-state index in [0.717, 1.165) is 29.7 Å². The van der Waals surface area contributed by atoms with Gasteiger partial charge in [0, 0.05) is 43.3 Å². The highest BCUT2D eigenvalue weighted by Gasteiger charge is 2.25. The van der Waals surface area contributed by atoms with Gasteiger partial charge in [-0.15, -0.1) is 0 Å². The highest BCUT2D eigenvalue weighted by Crippen LogP contribution is 2.32. The molecule has 0 spiro atoms. The van der Waals surface area contributed by atoms with E-state index >= 15 is 0 Å². The Labute approximate surface area is 217 Å². The van der Waals surface area contributed by atoms with E-state index in [9.17, 15) is 4.79 Å². The van der Waals surface area contributed by atoms with Gasteiger partial charge >= 0.3 is 0 Å². The first kappa shape index (κ1) is 24.4. The van der Waals surface area contributed by atoms with Crippen molar-refractivity contribution in [3.8, 4) is 11.5 Å². The molecular formula is C30H32N4O3. The van der Waals surface area contributed by atoms with Crippen molar-refractivity contribution in [1.82, 2.24) is 9.88 Å². The summed E-state index contributed by atoms with van der Waals surface area (Å²) < 4.78 is 10.8. The molecule has 0 unspecified atom stereocenters. The number of methoxy groups -OCH3 is 2. The van der Waals surface area contributed by atoms with Crippen LogP contribution in [0, 0.1) is 13.8 Å². The van der Waals surface area contributed by atoms with Gasteiger partial charge in [0.1, 0.15) is 17.3 Å². The molecule has 1 N–H and O–H groups in total. The minimum absolute atomic E-state index is 0.0176. The monoisotopic (exact) mass is 496 g/mol. The lowest BCUT2D eigenvalue weighted by atomic mass is 10.1. The normalized spacial score (nSPS) is 13.5. The third kappa shape index (κ3) is 5.03. The average molecular weight is 497 g/mol. The number of fused-ring (bicyclic) bond motifs is 1. The molecule has 0 radical (unpaired) electrons. The molecule has 1 aromatic heterocycles. The van der Waals surface area contributed by atoms with E-state index < -0.39 is 0 Å². The largest absolute Gasteiger partial charge is 0.497 e. The van der Waals surface area contributed by atoms with Gasteiger partial charge in [0.05, 0.1) is 31.0 Å². The van der Waals surface area contributed by atoms with Crippen molar-refractivity contribution in [2.75, 3.05) is 50.6 Å². The number of hydrogen-bond acceptors (Lipinski definition) is 6. The molecule has 5 rings (SSSR count). The third-order valence-corrected chi connectivity index (χ3v) is 6.89. The second-order valence-corrected chi connectivity index (χ2v) is 9.33. The molecule has 1 saturated heterocycles. The molecule has 1 aliphatic heterocycles. The zero-order valence-corrected chi connectivity index (χ0v) is 21.7. The maximum Gasteiger partial charge on any atom is 0.254 e. The smallest absolute Gasteiger partial charge is 0.254 e. The number of carbonyl (C=O) groups excluding carboxylic acids is 1. The predicted octanol–water partition coefficient (Wildman–Crippen LogP) is 5.57. The molecule has 1 amide bonds. The van der Waals surface area contributed by atoms with E-state index in [2.05, 4.69) is 42.3 Å². The summed E-state index contributed by atoms with van der Waals surface area (Å²) in [7, 11) is 3.23. The van der Waals surface area contributed by atoms with Crippen LogP contribution in [0.5, 0.6) is 11.5 Å². The Morgan fingerprint density at radius 3 is 2.43 bits per heavy atom. The van der Waals surface area contributed by atoms with Crippen LogP contribution in [0.15, 0.2) is 66.7 Å². The fourth-order valence-corrected chi connectivity index (χ4v) is 4.84. The van der Waals surface area contributed by atoms with Gasteiger partial charge in [-0.3, -0.25) is 4.79 Å². The molecule has 190 valence electrons. The summed E-state index contributed by atoms with van der Waals surface area (Å²) in [4.78, 5) is 22.9. The molecule has 4 aromatic rings. The summed E-state index contributed by atoms with van der Waals surface area (Å²) >= 11 is 0. The quantitative estimate of drug-likeness (QED) is 0.376. The van der Waals surface area contributed by atoms with E-state index in [1.807, 2.05) is 53.4 Å². The topological polar surface area (TPSA) is 66.9 Å². The second kappa shape index (κ2) is 10.4. The molecule has 3 aromatic carbocycles. The number of rotatable bonds is 6. The summed E-state index contributed by atoms with van der Waals surface area (Å²) in [6.07, 6.45) is 0. The standard InChI is InChI=1S/C30H32N4O3/c1-20-9-10-21(2)27(17-20)33-13-15-34(16-14-33)30(35)24-19-29(31-25-8-6-5-7-23(24)25)32-26-12-11-22(36-3)18-28(26)37-4/h5-12,17-19H,13-16H2,1-4H3,(H,31,32). The predicted molar refractivity (Wildman–Crippen MR) is 149 cm³/mol. The van der Waals surface area contributed by atoms with E-state index in [1.165, 1.54) is 16.8 Å². The number of anilines is 3. The number of hydrogen-bond donors (Lipinski definition) is 1. The molecule has 1 fully saturated rings. The minimum atomic E-state index is 0.0176. The summed E-state index contributed by atoms with van der Waals surface area (Å²) in [5.74, 6) is 1.93. The van der Waals surface area contributed by atoms with Crippen LogP contribution in [0.25, 0.3) is 10.9 Å². The zero-order chi connectivity index (χ0) is 25.9. The lowest BCUT2D eigenvalue weighted by Crippen LogP contribution is -2.49. The molecular weight excluding hydrogens is 464 g/mol. The van der Waals surface area contributed by atoms with Crippen LogP contribution in [0.4, 0.5) is 17.2 Å². The van der Waals surface area contributed by atoms with Crippen molar-refractivity contribution in [3.05, 3.63) is 83.4 Å². The number of nitrogens with one attached hydrogen (secondary N) is 1. The van der Waals surface area contributed by atoms with Crippen LogP contribution in [0.1, 0.15) is 21.5 Å². The van der Waals surface area contributed by atoms with E-state index in [0.29, 0.717) is 36.0 Å². The number of amides is 1. The van der Waals surface area contributed by atoms with Crippen molar-refractivity contribution >= 4 is 34.0 Å². The fourth-order valence-electron chi connectivity index (χ4n) is 4.84. The SMILES string of the molecule is COc1ccc(Nc2cc(C(=O)N3CCN(c4cc(C)ccc4C)CC3)c3ccccc3n2)c(OC)c1. The van der Waals surface area contributed by atoms with Crippen molar-refractivity contribution in [1.29, 1.82) is 0 Å². The van der Waals surface area contributed by atoms with E-state index in [4.69, 9.17) is 14.5 Å². The van der Waals surface area contributed by atoms with E-state index in [1.54, 1.807) is 14.2 Å². The summed E-state index contributed by atoms with van der Waals surface area (Å²) in [5.41, 5.74) is 5.90. The Morgan fingerprint density at radius 2 is 1.68 bits per heavy atom. The van der Waals surface area contributed by atoms with Gasteiger partial charge in [-0.1, -0.05) is 30.3 Å². The molecule has 0 bridgehead atoms. The first-order valence-electron chi connectivity index (χ1n) is 12.5. The number of aromatic nitrogens is 1. The highest BCUT2D eigenvalue weighted by molar-refractivity contribution is 6.07. The second-order valence-electron chi connectivity index (χ2n) is 9.33. The number of para-hydroxylation sites is 1. The molecule has 7 nitrogen and oxygen atoms in total. The van der Waals surface area contributed by atoms with Gasteiger partial charge in [-0.2, -0.15) is 0 Å². The summed E-state index contributed by atoms with van der Waals surface area (Å²) in [5, 5.41) is 4.18. The molecule has 37 heavy (non-hydrogen) atoms. The molecule has 0 saturated carbocycles. The van der Waals surface area contributed by atoms with Crippen LogP contribution in [-0.2, 0) is 0 Å². The molecule has 1 aliphatic rings. The number of ether oxygens (including phenoxy) is 2. The van der Waals surface area contributed by atoms with Gasteiger partial charge in [-0.05, 0) is 55.3 Å². The van der Waals surface area contributed by atoms with Gasteiger partial charge in [0.2, 0.25) is 0 Å². The average Bonchev–Trinajstić information content (AvgIpc) is 2.94. The van der Waals surface area contributed by atoms with Crippen LogP contribution in [-0.4, -0.2) is 56.2 Å². The van der Waals surface area contributed by atoms with Gasteiger partial charge in [-0.25, -0.2) is 4.98 Å². The molecule has 0 aliphatic carbocycles. The highest BCUT2D eigenvalue weighted by atomic mass is 16.5. The van der Waals surface area contributed by atoms with Crippen molar-refractivity contribution in [3.63, 3.8) is 0 Å². The van der Waals surface area contributed by atoms with Gasteiger partial charge in [0.25, 0.3) is 5.91 Å². The third-order valence-electron chi connectivity index (χ3n) is 6.89. The first-order chi connectivity index (χ1) is 18.0. The number of benzene rings is 3. The number of pyridine rings is 1. The number of nitrogens with zero attached hydrogens (tertiary/aromatic N) is 3. The van der Waals surface area contributed by atoms with Crippen LogP contribution >= 0.6 is 0 Å². The molecule has 7 heteroatoms. The maximum atomic E-state index is 13.8. The minimum Gasteiger partial charge on any atom is -0.497 e. The number of carbonyl (C=O) groups is 1. The zero-order valence-electron chi connectivity index (χ0n) is 21.7. The summed E-state index contributed by atoms with van der Waals surface area (Å²) in [6.45, 7) is 7.18. The number of aryl methyl sites for hydroxylation is 2. The Hall–Kier alpha value is -4.26. The van der Waals surface area contributed by atoms with Gasteiger partial charge in [0.15, 0.2) is 0 Å². The molecule has 0 atom stereocenters. The van der Waals surface area contributed by atoms with Crippen molar-refractivity contribution in [2.45, 2.75) is 13.8 Å². The maximum absolute atomic E-state index is 13.8. The van der Waals surface area contributed by atoms with E-state index in [-0.39, 0.29) is 5.91 Å². The fraction of sp³-hybridized carbons (Fsp3) is 0.267. The van der Waals surface area contributed by atoms with Crippen LogP contribution in [0.2, 0.25) is 0 Å². The van der Waals surface area contributed by atoms with Crippen molar-refractivity contribution < 1.29 is 14.3 Å². The Morgan fingerprint density at radius 1 is 0.892 bits per heavy atom. The van der Waals surface area contributed by atoms with Crippen LogP contribution < -0.4 is 19.7 Å². The molecule has 2 heterocycles. The number of piperazine rings is 1. The lowest BCUT2D eigenvalue weighted by Gasteiger charge is -2.37. The summed E-state index contributed by atoms with van der Waals surface area (Å²) in [6, 6.07) is 21.7. The Kier molecular flexibility index (Phi) is 6.86. The van der Waals surface area contributed by atoms with Crippen molar-refractivity contribution in [2.24, 2.45) is 0 Å². The Balaban J connectivity index is 1.41. The van der Waals surface area contributed by atoms with Gasteiger partial charge < -0.3 is 24.6 Å². The first-order valence-corrected chi connectivity index (χ1v) is 12.5. The van der Waals surface area contributed by atoms with Crippen LogP contribution in [0.3, 0.4) is 0 Å². The lowest BCUT2D eigenvalue weighted by molar-refractivity contribution is 0.0748.